The summed E-state index contributed by atoms with van der Waals surface area (Å²) < 4.78 is 5.93. The van der Waals surface area contributed by atoms with Crippen LogP contribution in [0.2, 0.25) is 0 Å². The average molecular weight is 311 g/mol. The number of carbonyl (C=O) groups is 2. The van der Waals surface area contributed by atoms with Gasteiger partial charge in [0, 0.05) is 13.1 Å². The normalized spacial score (nSPS) is 17.0. The summed E-state index contributed by atoms with van der Waals surface area (Å²) in [5.74, 6) is -1.07. The van der Waals surface area contributed by atoms with E-state index < -0.39 is 5.97 Å². The molecule has 0 unspecified atom stereocenters. The zero-order chi connectivity index (χ0) is 15.6. The van der Waals surface area contributed by atoms with Gasteiger partial charge in [-0.15, -0.1) is 11.3 Å². The Bertz CT molecular complexity index is 524. The van der Waals surface area contributed by atoms with Crippen LogP contribution in [-0.2, 0) is 4.74 Å². The van der Waals surface area contributed by atoms with E-state index >= 15 is 0 Å². The van der Waals surface area contributed by atoms with E-state index in [2.05, 4.69) is 0 Å². The number of likely N-dealkylation sites (tertiary alicyclic amines) is 1. The minimum Gasteiger partial charge on any atom is -0.477 e. The lowest BCUT2D eigenvalue weighted by molar-refractivity contribution is -0.0790. The van der Waals surface area contributed by atoms with Gasteiger partial charge in [-0.1, -0.05) is 0 Å². The van der Waals surface area contributed by atoms with Crippen molar-refractivity contribution in [3.05, 3.63) is 21.9 Å². The fourth-order valence-corrected chi connectivity index (χ4v) is 3.21. The Labute approximate surface area is 128 Å². The molecule has 1 aliphatic heterocycles. The maximum Gasteiger partial charge on any atom is 0.345 e. The number of rotatable bonds is 3. The molecule has 1 N–H and O–H groups in total. The molecule has 0 atom stereocenters. The predicted molar refractivity (Wildman–Crippen MR) is 81.0 cm³/mol. The smallest absolute Gasteiger partial charge is 0.345 e. The van der Waals surface area contributed by atoms with E-state index in [4.69, 9.17) is 9.84 Å². The third-order valence-electron chi connectivity index (χ3n) is 3.28. The van der Waals surface area contributed by atoms with Gasteiger partial charge in [0.2, 0.25) is 0 Å². The highest BCUT2D eigenvalue weighted by molar-refractivity contribution is 7.15. The lowest BCUT2D eigenvalue weighted by Crippen LogP contribution is -2.42. The van der Waals surface area contributed by atoms with Crippen LogP contribution in [-0.4, -0.2) is 46.7 Å². The van der Waals surface area contributed by atoms with Crippen molar-refractivity contribution >= 4 is 23.2 Å². The van der Waals surface area contributed by atoms with Gasteiger partial charge in [0.15, 0.2) is 0 Å². The van der Waals surface area contributed by atoms with Crippen molar-refractivity contribution in [2.45, 2.75) is 45.3 Å². The van der Waals surface area contributed by atoms with Gasteiger partial charge in [0.25, 0.3) is 5.91 Å². The third kappa shape index (κ3) is 4.28. The van der Waals surface area contributed by atoms with Gasteiger partial charge in [0.05, 0.1) is 16.6 Å². The summed E-state index contributed by atoms with van der Waals surface area (Å²) in [5.41, 5.74) is -0.166. The minimum atomic E-state index is -0.990. The van der Waals surface area contributed by atoms with Crippen LogP contribution in [0.4, 0.5) is 0 Å². The number of amides is 1. The molecule has 0 aromatic carbocycles. The highest BCUT2D eigenvalue weighted by Gasteiger charge is 2.27. The molecule has 1 fully saturated rings. The number of carboxylic acids is 1. The van der Waals surface area contributed by atoms with Gasteiger partial charge in [-0.25, -0.2) is 4.79 Å². The monoisotopic (exact) mass is 311 g/mol. The second kappa shape index (κ2) is 6.15. The summed E-state index contributed by atoms with van der Waals surface area (Å²) in [7, 11) is 0. The molecule has 0 bridgehead atoms. The molecule has 6 heteroatoms. The van der Waals surface area contributed by atoms with Gasteiger partial charge in [-0.3, -0.25) is 4.79 Å². The summed E-state index contributed by atoms with van der Waals surface area (Å²) in [5, 5.41) is 8.90. The first kappa shape index (κ1) is 16.0. The predicted octanol–water partition coefficient (Wildman–Crippen LogP) is 2.87. The average Bonchev–Trinajstić information content (AvgIpc) is 2.86. The Morgan fingerprint density at radius 3 is 2.29 bits per heavy atom. The summed E-state index contributed by atoms with van der Waals surface area (Å²) in [6.45, 7) is 7.40. The molecule has 0 spiro atoms. The Kier molecular flexibility index (Phi) is 4.68. The number of ether oxygens (including phenoxy) is 1. The molecule has 2 heterocycles. The van der Waals surface area contributed by atoms with E-state index in [0.717, 1.165) is 24.2 Å². The Hall–Kier alpha value is -1.40. The first-order valence-electron chi connectivity index (χ1n) is 7.06. The molecular weight excluding hydrogens is 290 g/mol. The van der Waals surface area contributed by atoms with Crippen molar-refractivity contribution in [3.63, 3.8) is 0 Å². The third-order valence-corrected chi connectivity index (χ3v) is 4.34. The molecule has 1 aromatic heterocycles. The molecule has 21 heavy (non-hydrogen) atoms. The largest absolute Gasteiger partial charge is 0.477 e. The van der Waals surface area contributed by atoms with Gasteiger partial charge in [-0.05, 0) is 45.7 Å². The molecular formula is C15H21NO4S. The number of aromatic carboxylic acids is 1. The summed E-state index contributed by atoms with van der Waals surface area (Å²) >= 11 is 1.03. The van der Waals surface area contributed by atoms with E-state index in [1.807, 2.05) is 20.8 Å². The van der Waals surface area contributed by atoms with Crippen LogP contribution >= 0.6 is 11.3 Å². The lowest BCUT2D eigenvalue weighted by atomic mass is 10.1. The van der Waals surface area contributed by atoms with Crippen LogP contribution < -0.4 is 0 Å². The van der Waals surface area contributed by atoms with E-state index in [9.17, 15) is 9.59 Å². The first-order valence-corrected chi connectivity index (χ1v) is 7.88. The molecule has 1 aliphatic rings. The highest BCUT2D eigenvalue weighted by atomic mass is 32.1. The maximum atomic E-state index is 12.3. The number of hydrogen-bond donors (Lipinski definition) is 1. The first-order chi connectivity index (χ1) is 9.76. The second-order valence-electron chi connectivity index (χ2n) is 6.19. The standard InChI is InChI=1S/C15H21NO4S/c1-15(2,3)20-10-6-8-16(9-7-10)13(17)11-4-5-12(21-11)14(18)19/h4-5,10H,6-9H2,1-3H3,(H,18,19). The van der Waals surface area contributed by atoms with E-state index in [-0.39, 0.29) is 22.5 Å². The molecule has 0 saturated carbocycles. The lowest BCUT2D eigenvalue weighted by Gasteiger charge is -2.35. The van der Waals surface area contributed by atoms with Gasteiger partial charge in [0.1, 0.15) is 4.88 Å². The van der Waals surface area contributed by atoms with Crippen LogP contribution in [0.1, 0.15) is 53.0 Å². The molecule has 1 aromatic rings. The number of carboxylic acid groups (broad SMARTS) is 1. The van der Waals surface area contributed by atoms with Crippen molar-refractivity contribution in [1.82, 2.24) is 4.90 Å². The SMILES string of the molecule is CC(C)(C)OC1CCN(C(=O)c2ccc(C(=O)O)s2)CC1. The van der Waals surface area contributed by atoms with E-state index in [1.54, 1.807) is 11.0 Å². The number of piperidine rings is 1. The van der Waals surface area contributed by atoms with Gasteiger partial charge < -0.3 is 14.7 Å². The van der Waals surface area contributed by atoms with Crippen LogP contribution in [0.5, 0.6) is 0 Å². The molecule has 1 saturated heterocycles. The van der Waals surface area contributed by atoms with Crippen molar-refractivity contribution in [1.29, 1.82) is 0 Å². The molecule has 0 radical (unpaired) electrons. The van der Waals surface area contributed by atoms with Crippen molar-refractivity contribution in [3.8, 4) is 0 Å². The highest BCUT2D eigenvalue weighted by Crippen LogP contribution is 2.23. The van der Waals surface area contributed by atoms with Crippen molar-refractivity contribution in [2.24, 2.45) is 0 Å². The number of carbonyl (C=O) groups excluding carboxylic acids is 1. The van der Waals surface area contributed by atoms with Crippen LogP contribution in [0, 0.1) is 0 Å². The van der Waals surface area contributed by atoms with Gasteiger partial charge >= 0.3 is 5.97 Å². The summed E-state index contributed by atoms with van der Waals surface area (Å²) in [6, 6.07) is 3.07. The maximum absolute atomic E-state index is 12.3. The zero-order valence-corrected chi connectivity index (χ0v) is 13.4. The van der Waals surface area contributed by atoms with Crippen molar-refractivity contribution in [2.75, 3.05) is 13.1 Å². The number of thiophene rings is 1. The van der Waals surface area contributed by atoms with Crippen LogP contribution in [0.25, 0.3) is 0 Å². The van der Waals surface area contributed by atoms with E-state index in [0.29, 0.717) is 18.0 Å². The quantitative estimate of drug-likeness (QED) is 0.932. The minimum absolute atomic E-state index is 0.0818. The topological polar surface area (TPSA) is 66.8 Å². The molecule has 1 amide bonds. The summed E-state index contributed by atoms with van der Waals surface area (Å²) in [4.78, 5) is 25.7. The Balaban J connectivity index is 1.92. The number of nitrogens with zero attached hydrogens (tertiary/aromatic N) is 1. The van der Waals surface area contributed by atoms with Gasteiger partial charge in [-0.2, -0.15) is 0 Å². The molecule has 2 rings (SSSR count). The van der Waals surface area contributed by atoms with Crippen molar-refractivity contribution < 1.29 is 19.4 Å². The Morgan fingerprint density at radius 1 is 1.24 bits per heavy atom. The fraction of sp³-hybridized carbons (Fsp3) is 0.600. The molecule has 116 valence electrons. The van der Waals surface area contributed by atoms with Crippen LogP contribution in [0.15, 0.2) is 12.1 Å². The van der Waals surface area contributed by atoms with Crippen LogP contribution in [0.3, 0.4) is 0 Å². The number of hydrogen-bond acceptors (Lipinski definition) is 4. The Morgan fingerprint density at radius 2 is 1.81 bits per heavy atom. The molecule has 5 nitrogen and oxygen atoms in total. The second-order valence-corrected chi connectivity index (χ2v) is 7.27. The molecule has 0 aliphatic carbocycles. The fourth-order valence-electron chi connectivity index (χ4n) is 2.40. The zero-order valence-electron chi connectivity index (χ0n) is 12.6. The summed E-state index contributed by atoms with van der Waals surface area (Å²) in [6.07, 6.45) is 1.83. The van der Waals surface area contributed by atoms with E-state index in [1.165, 1.54) is 6.07 Å².